The van der Waals surface area contributed by atoms with E-state index in [9.17, 15) is 23.2 Å². The van der Waals surface area contributed by atoms with Gasteiger partial charge in [0, 0.05) is 28.2 Å². The topological polar surface area (TPSA) is 86.6 Å². The van der Waals surface area contributed by atoms with Crippen molar-refractivity contribution in [2.24, 2.45) is 0 Å². The normalized spacial score (nSPS) is 10.8. The van der Waals surface area contributed by atoms with E-state index in [1.165, 1.54) is 12.1 Å². The number of ether oxygens (including phenoxy) is 2. The van der Waals surface area contributed by atoms with Crippen molar-refractivity contribution in [1.82, 2.24) is 9.88 Å². The van der Waals surface area contributed by atoms with Gasteiger partial charge in [-0.1, -0.05) is 6.07 Å². The molecule has 9 heteroatoms. The zero-order valence-corrected chi connectivity index (χ0v) is 19.9. The highest BCUT2D eigenvalue weighted by Gasteiger charge is 2.19. The van der Waals surface area contributed by atoms with Gasteiger partial charge in [-0.25, -0.2) is 0 Å². The number of Topliss-reactive ketones (excluding diaryl/α,β-unsaturated/α-hetero) is 1. The molecular weight excluding hydrogens is 458 g/mol. The summed E-state index contributed by atoms with van der Waals surface area (Å²) >= 11 is 0. The second-order valence-electron chi connectivity index (χ2n) is 8.06. The standard InChI is InChI=1S/C26H26F2N2O5/c1-15-5-6-19(11-16(15)2)25(33)29-13-24(32)34-14-23(31)22-12-17(3)30(18(22)4)20-7-9-21(10-8-20)35-26(27)28/h5-12,26H,13-14H2,1-4H3,(H,29,33). The molecule has 1 amide bonds. The molecule has 0 bridgehead atoms. The van der Waals surface area contributed by atoms with Gasteiger partial charge in [-0.05, 0) is 81.3 Å². The van der Waals surface area contributed by atoms with Gasteiger partial charge in [0.25, 0.3) is 5.91 Å². The van der Waals surface area contributed by atoms with Gasteiger partial charge < -0.3 is 19.4 Å². The first kappa shape index (κ1) is 25.6. The summed E-state index contributed by atoms with van der Waals surface area (Å²) in [5.41, 5.74) is 4.80. The van der Waals surface area contributed by atoms with Crippen molar-refractivity contribution in [1.29, 1.82) is 0 Å². The van der Waals surface area contributed by atoms with Crippen molar-refractivity contribution in [3.63, 3.8) is 0 Å². The average molecular weight is 484 g/mol. The number of rotatable bonds is 9. The lowest BCUT2D eigenvalue weighted by atomic mass is 10.1. The Kier molecular flexibility index (Phi) is 8.01. The highest BCUT2D eigenvalue weighted by atomic mass is 19.3. The molecule has 3 rings (SSSR count). The first-order valence-corrected chi connectivity index (χ1v) is 10.8. The number of benzene rings is 2. The number of aromatic nitrogens is 1. The Balaban J connectivity index is 1.58. The Morgan fingerprint density at radius 3 is 2.26 bits per heavy atom. The lowest BCUT2D eigenvalue weighted by Crippen LogP contribution is -2.31. The van der Waals surface area contributed by atoms with Crippen LogP contribution in [0.5, 0.6) is 5.75 Å². The summed E-state index contributed by atoms with van der Waals surface area (Å²) in [5.74, 6) is -1.53. The van der Waals surface area contributed by atoms with Crippen molar-refractivity contribution in [3.05, 3.63) is 82.2 Å². The third kappa shape index (κ3) is 6.32. The summed E-state index contributed by atoms with van der Waals surface area (Å²) in [6.07, 6.45) is 0. The van der Waals surface area contributed by atoms with E-state index in [1.54, 1.807) is 48.7 Å². The third-order valence-electron chi connectivity index (χ3n) is 5.58. The van der Waals surface area contributed by atoms with E-state index in [4.69, 9.17) is 4.74 Å². The number of hydrogen-bond acceptors (Lipinski definition) is 5. The van der Waals surface area contributed by atoms with E-state index in [-0.39, 0.29) is 12.3 Å². The Morgan fingerprint density at radius 1 is 0.943 bits per heavy atom. The van der Waals surface area contributed by atoms with Gasteiger partial charge in [-0.15, -0.1) is 0 Å². The van der Waals surface area contributed by atoms with Gasteiger partial charge in [0.1, 0.15) is 12.3 Å². The molecule has 1 N–H and O–H groups in total. The first-order valence-electron chi connectivity index (χ1n) is 10.8. The van der Waals surface area contributed by atoms with Gasteiger partial charge in [0.2, 0.25) is 5.78 Å². The number of aryl methyl sites for hydroxylation is 3. The van der Waals surface area contributed by atoms with Crippen LogP contribution in [0.3, 0.4) is 0 Å². The van der Waals surface area contributed by atoms with Crippen LogP contribution in [0.4, 0.5) is 8.78 Å². The monoisotopic (exact) mass is 484 g/mol. The second-order valence-corrected chi connectivity index (χ2v) is 8.06. The third-order valence-corrected chi connectivity index (χ3v) is 5.58. The molecule has 0 aliphatic rings. The lowest BCUT2D eigenvalue weighted by Gasteiger charge is -2.11. The molecule has 2 aromatic carbocycles. The predicted octanol–water partition coefficient (Wildman–Crippen LogP) is 4.47. The smallest absolute Gasteiger partial charge is 0.387 e. The lowest BCUT2D eigenvalue weighted by molar-refractivity contribution is -0.141. The van der Waals surface area contributed by atoms with Crippen molar-refractivity contribution in [2.75, 3.05) is 13.2 Å². The molecule has 7 nitrogen and oxygen atoms in total. The molecule has 1 heterocycles. The van der Waals surface area contributed by atoms with Crippen LogP contribution in [0, 0.1) is 27.7 Å². The fourth-order valence-corrected chi connectivity index (χ4v) is 3.63. The highest BCUT2D eigenvalue weighted by Crippen LogP contribution is 2.24. The summed E-state index contributed by atoms with van der Waals surface area (Å²) in [5, 5.41) is 2.49. The number of amides is 1. The molecular formula is C26H26F2N2O5. The largest absolute Gasteiger partial charge is 0.456 e. The number of nitrogens with zero attached hydrogens (tertiary/aromatic N) is 1. The maximum Gasteiger partial charge on any atom is 0.387 e. The maximum absolute atomic E-state index is 12.7. The summed E-state index contributed by atoms with van der Waals surface area (Å²) in [7, 11) is 0. The first-order chi connectivity index (χ1) is 16.6. The van der Waals surface area contributed by atoms with E-state index in [1.807, 2.05) is 19.9 Å². The summed E-state index contributed by atoms with van der Waals surface area (Å²) in [4.78, 5) is 37.0. The fraction of sp³-hybridized carbons (Fsp3) is 0.269. The van der Waals surface area contributed by atoms with Crippen molar-refractivity contribution in [2.45, 2.75) is 34.3 Å². The number of carbonyl (C=O) groups is 3. The van der Waals surface area contributed by atoms with Gasteiger partial charge in [0.15, 0.2) is 6.61 Å². The Labute approximate surface area is 201 Å². The van der Waals surface area contributed by atoms with Crippen LogP contribution in [-0.2, 0) is 9.53 Å². The van der Waals surface area contributed by atoms with Crippen LogP contribution in [0.1, 0.15) is 43.2 Å². The zero-order valence-electron chi connectivity index (χ0n) is 19.9. The SMILES string of the molecule is Cc1ccc(C(=O)NCC(=O)OCC(=O)c2cc(C)n(-c3ccc(OC(F)F)cc3)c2C)cc1C. The maximum atomic E-state index is 12.7. The minimum atomic E-state index is -2.91. The minimum Gasteiger partial charge on any atom is -0.456 e. The second kappa shape index (κ2) is 10.9. The Hall–Kier alpha value is -4.01. The van der Waals surface area contributed by atoms with Crippen LogP contribution in [0.2, 0.25) is 0 Å². The molecule has 0 aliphatic carbocycles. The van der Waals surface area contributed by atoms with Crippen LogP contribution >= 0.6 is 0 Å². The molecule has 0 saturated carbocycles. The van der Waals surface area contributed by atoms with E-state index < -0.39 is 30.9 Å². The van der Waals surface area contributed by atoms with E-state index in [0.29, 0.717) is 22.5 Å². The Bertz CT molecular complexity index is 1250. The number of ketones is 1. The molecule has 0 fully saturated rings. The summed E-state index contributed by atoms with van der Waals surface area (Å²) in [6.45, 7) is 3.58. The van der Waals surface area contributed by atoms with Crippen LogP contribution in [-0.4, -0.2) is 42.0 Å². The molecule has 0 aliphatic heterocycles. The van der Waals surface area contributed by atoms with E-state index in [0.717, 1.165) is 16.8 Å². The number of nitrogens with one attached hydrogen (secondary N) is 1. The van der Waals surface area contributed by atoms with E-state index in [2.05, 4.69) is 10.1 Å². The van der Waals surface area contributed by atoms with Crippen molar-refractivity contribution >= 4 is 17.7 Å². The van der Waals surface area contributed by atoms with Gasteiger partial charge >= 0.3 is 12.6 Å². The molecule has 184 valence electrons. The molecule has 0 radical (unpaired) electrons. The molecule has 0 atom stereocenters. The quantitative estimate of drug-likeness (QED) is 0.358. The fourth-order valence-electron chi connectivity index (χ4n) is 3.63. The van der Waals surface area contributed by atoms with Crippen LogP contribution in [0.15, 0.2) is 48.5 Å². The van der Waals surface area contributed by atoms with Crippen molar-refractivity contribution < 1.29 is 32.6 Å². The van der Waals surface area contributed by atoms with Crippen molar-refractivity contribution in [3.8, 4) is 11.4 Å². The molecule has 0 unspecified atom stereocenters. The van der Waals surface area contributed by atoms with Gasteiger partial charge in [-0.3, -0.25) is 14.4 Å². The van der Waals surface area contributed by atoms with E-state index >= 15 is 0 Å². The Morgan fingerprint density at radius 2 is 1.63 bits per heavy atom. The predicted molar refractivity (Wildman–Crippen MR) is 125 cm³/mol. The van der Waals surface area contributed by atoms with Crippen LogP contribution in [0.25, 0.3) is 5.69 Å². The number of hydrogen-bond donors (Lipinski definition) is 1. The average Bonchev–Trinajstić information content (AvgIpc) is 3.11. The number of alkyl halides is 2. The van der Waals surface area contributed by atoms with Crippen LogP contribution < -0.4 is 10.1 Å². The summed E-state index contributed by atoms with van der Waals surface area (Å²) < 4.78 is 35.9. The molecule has 35 heavy (non-hydrogen) atoms. The molecule has 0 spiro atoms. The molecule has 0 saturated heterocycles. The minimum absolute atomic E-state index is 0.0269. The number of esters is 1. The number of halogens is 2. The summed E-state index contributed by atoms with van der Waals surface area (Å²) in [6, 6.07) is 12.9. The zero-order chi connectivity index (χ0) is 25.7. The highest BCUT2D eigenvalue weighted by molar-refractivity contribution is 6.00. The van der Waals surface area contributed by atoms with Gasteiger partial charge in [0.05, 0.1) is 0 Å². The molecule has 3 aromatic rings. The number of carbonyl (C=O) groups excluding carboxylic acids is 3. The van der Waals surface area contributed by atoms with Gasteiger partial charge in [-0.2, -0.15) is 8.78 Å². The molecule has 1 aromatic heterocycles.